The van der Waals surface area contributed by atoms with Crippen molar-refractivity contribution in [2.24, 2.45) is 5.92 Å². The molecule has 0 bridgehead atoms. The normalized spacial score (nSPS) is 15.8. The van der Waals surface area contributed by atoms with E-state index in [1.54, 1.807) is 7.11 Å². The smallest absolute Gasteiger partial charge is 0.223 e. The van der Waals surface area contributed by atoms with Gasteiger partial charge in [0, 0.05) is 32.3 Å². The average Bonchev–Trinajstić information content (AvgIpc) is 3.29. The maximum atomic E-state index is 5.87. The Labute approximate surface area is 127 Å². The molecule has 0 saturated heterocycles. The summed E-state index contributed by atoms with van der Waals surface area (Å²) >= 11 is 0. The summed E-state index contributed by atoms with van der Waals surface area (Å²) < 4.78 is 5.24. The van der Waals surface area contributed by atoms with E-state index < -0.39 is 0 Å². The Morgan fingerprint density at radius 2 is 2.24 bits per heavy atom. The van der Waals surface area contributed by atoms with E-state index in [0.29, 0.717) is 18.6 Å². The molecule has 1 aromatic rings. The number of hydrogen-bond acceptors (Lipinski definition) is 6. The highest BCUT2D eigenvalue weighted by Gasteiger charge is 2.32. The molecule has 1 heterocycles. The van der Waals surface area contributed by atoms with Gasteiger partial charge in [-0.1, -0.05) is 6.92 Å². The SMILES string of the molecule is CCCNc1cc(N(CCOC)C(C)C2CC2)nc(N)n1. The summed E-state index contributed by atoms with van der Waals surface area (Å²) in [4.78, 5) is 11.0. The van der Waals surface area contributed by atoms with E-state index in [9.17, 15) is 0 Å². The molecule has 1 atom stereocenters. The minimum Gasteiger partial charge on any atom is -0.383 e. The number of rotatable bonds is 9. The van der Waals surface area contributed by atoms with Crippen molar-refractivity contribution >= 4 is 17.6 Å². The highest BCUT2D eigenvalue weighted by molar-refractivity contribution is 5.53. The Balaban J connectivity index is 2.18. The molecule has 3 N–H and O–H groups in total. The van der Waals surface area contributed by atoms with Gasteiger partial charge >= 0.3 is 0 Å². The first-order valence-electron chi connectivity index (χ1n) is 7.79. The van der Waals surface area contributed by atoms with Gasteiger partial charge in [0.1, 0.15) is 11.6 Å². The van der Waals surface area contributed by atoms with Crippen LogP contribution in [0.15, 0.2) is 6.07 Å². The van der Waals surface area contributed by atoms with Gasteiger partial charge in [0.15, 0.2) is 0 Å². The monoisotopic (exact) mass is 293 g/mol. The summed E-state index contributed by atoms with van der Waals surface area (Å²) in [5, 5.41) is 3.28. The molecule has 1 fully saturated rings. The van der Waals surface area contributed by atoms with E-state index >= 15 is 0 Å². The molecular formula is C15H27N5O. The van der Waals surface area contributed by atoms with Crippen molar-refractivity contribution < 1.29 is 4.74 Å². The first-order valence-corrected chi connectivity index (χ1v) is 7.79. The third-order valence-corrected chi connectivity index (χ3v) is 3.91. The maximum absolute atomic E-state index is 5.87. The molecule has 0 radical (unpaired) electrons. The highest BCUT2D eigenvalue weighted by Crippen LogP contribution is 2.36. The van der Waals surface area contributed by atoms with E-state index in [1.807, 2.05) is 6.07 Å². The van der Waals surface area contributed by atoms with E-state index in [1.165, 1.54) is 12.8 Å². The Morgan fingerprint density at radius 3 is 2.86 bits per heavy atom. The summed E-state index contributed by atoms with van der Waals surface area (Å²) in [5.41, 5.74) is 5.87. The van der Waals surface area contributed by atoms with E-state index in [0.717, 1.165) is 37.1 Å². The van der Waals surface area contributed by atoms with Gasteiger partial charge in [-0.05, 0) is 32.1 Å². The number of nitrogens with zero attached hydrogens (tertiary/aromatic N) is 3. The van der Waals surface area contributed by atoms with E-state index in [-0.39, 0.29) is 0 Å². The predicted molar refractivity (Wildman–Crippen MR) is 86.6 cm³/mol. The lowest BCUT2D eigenvalue weighted by molar-refractivity contribution is 0.202. The van der Waals surface area contributed by atoms with Crippen molar-refractivity contribution in [2.75, 3.05) is 42.8 Å². The number of nitrogen functional groups attached to an aromatic ring is 1. The fourth-order valence-electron chi connectivity index (χ4n) is 2.49. The molecule has 1 saturated carbocycles. The van der Waals surface area contributed by atoms with Crippen molar-refractivity contribution in [1.29, 1.82) is 0 Å². The third kappa shape index (κ3) is 4.46. The van der Waals surface area contributed by atoms with Gasteiger partial charge in [-0.2, -0.15) is 9.97 Å². The zero-order chi connectivity index (χ0) is 15.2. The second-order valence-electron chi connectivity index (χ2n) is 5.66. The summed E-state index contributed by atoms with van der Waals surface area (Å²) in [5.74, 6) is 2.75. The molecule has 6 heteroatoms. The summed E-state index contributed by atoms with van der Waals surface area (Å²) in [6.45, 7) is 6.76. The number of aromatic nitrogens is 2. The molecule has 6 nitrogen and oxygen atoms in total. The van der Waals surface area contributed by atoms with Crippen molar-refractivity contribution in [1.82, 2.24) is 9.97 Å². The van der Waals surface area contributed by atoms with Crippen LogP contribution < -0.4 is 16.0 Å². The summed E-state index contributed by atoms with van der Waals surface area (Å²) in [6, 6.07) is 2.44. The number of nitrogens with two attached hydrogens (primary N) is 1. The van der Waals surface area contributed by atoms with Crippen LogP contribution in [0.4, 0.5) is 17.6 Å². The average molecular weight is 293 g/mol. The topological polar surface area (TPSA) is 76.3 Å². The van der Waals surface area contributed by atoms with Crippen LogP contribution in [0.3, 0.4) is 0 Å². The lowest BCUT2D eigenvalue weighted by Gasteiger charge is -2.30. The van der Waals surface area contributed by atoms with Crippen LogP contribution in [0.1, 0.15) is 33.1 Å². The van der Waals surface area contributed by atoms with Crippen LogP contribution in [0, 0.1) is 5.92 Å². The van der Waals surface area contributed by atoms with Crippen LogP contribution in [0.5, 0.6) is 0 Å². The number of methoxy groups -OCH3 is 1. The summed E-state index contributed by atoms with van der Waals surface area (Å²) in [7, 11) is 1.72. The molecule has 0 amide bonds. The number of ether oxygens (including phenoxy) is 1. The summed E-state index contributed by atoms with van der Waals surface area (Å²) in [6.07, 6.45) is 3.64. The van der Waals surface area contributed by atoms with Gasteiger partial charge in [0.25, 0.3) is 0 Å². The first-order chi connectivity index (χ1) is 10.2. The first kappa shape index (κ1) is 15.8. The third-order valence-electron chi connectivity index (χ3n) is 3.91. The highest BCUT2D eigenvalue weighted by atomic mass is 16.5. The fourth-order valence-corrected chi connectivity index (χ4v) is 2.49. The van der Waals surface area contributed by atoms with Gasteiger partial charge < -0.3 is 20.7 Å². The second kappa shape index (κ2) is 7.45. The predicted octanol–water partition coefficient (Wildman–Crippen LogP) is 2.13. The molecule has 1 aromatic heterocycles. The zero-order valence-corrected chi connectivity index (χ0v) is 13.3. The Bertz CT molecular complexity index is 450. The largest absolute Gasteiger partial charge is 0.383 e. The molecular weight excluding hydrogens is 266 g/mol. The Kier molecular flexibility index (Phi) is 5.61. The fraction of sp³-hybridized carbons (Fsp3) is 0.733. The van der Waals surface area contributed by atoms with Crippen LogP contribution in [0.2, 0.25) is 0 Å². The molecule has 0 aliphatic heterocycles. The molecule has 0 aromatic carbocycles. The Morgan fingerprint density at radius 1 is 1.48 bits per heavy atom. The van der Waals surface area contributed by atoms with Crippen LogP contribution in [-0.2, 0) is 4.74 Å². The van der Waals surface area contributed by atoms with E-state index in [2.05, 4.69) is 34.0 Å². The minimum atomic E-state index is 0.316. The van der Waals surface area contributed by atoms with Gasteiger partial charge in [0.2, 0.25) is 5.95 Å². The van der Waals surface area contributed by atoms with Crippen LogP contribution in [-0.4, -0.2) is 42.8 Å². The van der Waals surface area contributed by atoms with Crippen LogP contribution in [0.25, 0.3) is 0 Å². The van der Waals surface area contributed by atoms with Gasteiger partial charge in [0.05, 0.1) is 6.61 Å². The lowest BCUT2D eigenvalue weighted by atomic mass is 10.2. The molecule has 1 aliphatic carbocycles. The van der Waals surface area contributed by atoms with Crippen LogP contribution >= 0.6 is 0 Å². The number of hydrogen-bond donors (Lipinski definition) is 2. The molecule has 0 spiro atoms. The Hall–Kier alpha value is -1.56. The van der Waals surface area contributed by atoms with Crippen molar-refractivity contribution in [3.8, 4) is 0 Å². The van der Waals surface area contributed by atoms with Gasteiger partial charge in [-0.3, -0.25) is 0 Å². The van der Waals surface area contributed by atoms with Gasteiger partial charge in [-0.15, -0.1) is 0 Å². The molecule has 1 aliphatic rings. The quantitative estimate of drug-likeness (QED) is 0.726. The standard InChI is InChI=1S/C15H27N5O/c1-4-7-17-13-10-14(19-15(16)18-13)20(8-9-21-3)11(2)12-5-6-12/h10-12H,4-9H2,1-3H3,(H3,16,17,18,19). The molecule has 2 rings (SSSR count). The molecule has 118 valence electrons. The lowest BCUT2D eigenvalue weighted by Crippen LogP contribution is -2.38. The second-order valence-corrected chi connectivity index (χ2v) is 5.66. The molecule has 1 unspecified atom stereocenters. The molecule has 21 heavy (non-hydrogen) atoms. The number of nitrogens with one attached hydrogen (secondary N) is 1. The van der Waals surface area contributed by atoms with E-state index in [4.69, 9.17) is 10.5 Å². The maximum Gasteiger partial charge on any atom is 0.223 e. The van der Waals surface area contributed by atoms with Crippen molar-refractivity contribution in [2.45, 2.75) is 39.2 Å². The van der Waals surface area contributed by atoms with Gasteiger partial charge in [-0.25, -0.2) is 0 Å². The minimum absolute atomic E-state index is 0.316. The van der Waals surface area contributed by atoms with Crippen molar-refractivity contribution in [3.05, 3.63) is 6.07 Å². The van der Waals surface area contributed by atoms with Crippen molar-refractivity contribution in [3.63, 3.8) is 0 Å². The number of anilines is 3. The zero-order valence-electron chi connectivity index (χ0n) is 13.3.